The Hall–Kier alpha value is -2.62. The minimum atomic E-state index is -0.365. The fourth-order valence-electron chi connectivity index (χ4n) is 3.79. The molecule has 0 aromatic heterocycles. The van der Waals surface area contributed by atoms with Gasteiger partial charge in [-0.05, 0) is 54.1 Å². The molecule has 2 aromatic rings. The standard InChI is InChI=1S/C24H28FN3O4S/c25-18-4-6-20(7-5-18)32-21-3-1-2-17(14-21)23-24(30)27-19(8-13-33-23)15-26-22(29)16-28-9-11-31-12-10-28/h1-7,14,19,23H,8-13,15-16H2,(H,26,29)(H,27,30)/t19-,23+/m0/s1. The third kappa shape index (κ3) is 6.93. The van der Waals surface area contributed by atoms with E-state index in [1.807, 2.05) is 18.2 Å². The van der Waals surface area contributed by atoms with E-state index < -0.39 is 0 Å². The Morgan fingerprint density at radius 1 is 1.18 bits per heavy atom. The first-order valence-electron chi connectivity index (χ1n) is 11.1. The molecule has 2 aliphatic rings. The molecule has 2 N–H and O–H groups in total. The van der Waals surface area contributed by atoms with E-state index >= 15 is 0 Å². The summed E-state index contributed by atoms with van der Waals surface area (Å²) in [7, 11) is 0. The molecule has 0 bridgehead atoms. The number of halogens is 1. The highest BCUT2D eigenvalue weighted by Crippen LogP contribution is 2.34. The third-order valence-corrected chi connectivity index (χ3v) is 6.85. The number of carbonyl (C=O) groups is 2. The Balaban J connectivity index is 1.30. The van der Waals surface area contributed by atoms with Gasteiger partial charge in [0.25, 0.3) is 0 Å². The van der Waals surface area contributed by atoms with Gasteiger partial charge in [0.05, 0.1) is 19.8 Å². The van der Waals surface area contributed by atoms with Crippen LogP contribution >= 0.6 is 11.8 Å². The van der Waals surface area contributed by atoms with E-state index in [-0.39, 0.29) is 28.9 Å². The molecule has 33 heavy (non-hydrogen) atoms. The third-order valence-electron chi connectivity index (χ3n) is 5.56. The van der Waals surface area contributed by atoms with Crippen LogP contribution in [0.1, 0.15) is 17.2 Å². The first-order valence-corrected chi connectivity index (χ1v) is 12.1. The Morgan fingerprint density at radius 3 is 2.76 bits per heavy atom. The number of morpholine rings is 1. The van der Waals surface area contributed by atoms with Gasteiger partial charge in [0.1, 0.15) is 22.6 Å². The molecule has 4 rings (SSSR count). The van der Waals surface area contributed by atoms with Crippen LogP contribution in [0.25, 0.3) is 0 Å². The minimum absolute atomic E-state index is 0.0368. The maximum Gasteiger partial charge on any atom is 0.237 e. The van der Waals surface area contributed by atoms with Gasteiger partial charge in [-0.3, -0.25) is 14.5 Å². The quantitative estimate of drug-likeness (QED) is 0.644. The van der Waals surface area contributed by atoms with E-state index in [4.69, 9.17) is 9.47 Å². The average Bonchev–Trinajstić information content (AvgIpc) is 3.01. The Kier molecular flexibility index (Phi) is 8.20. The van der Waals surface area contributed by atoms with Gasteiger partial charge in [0, 0.05) is 25.7 Å². The summed E-state index contributed by atoms with van der Waals surface area (Å²) in [5, 5.41) is 5.66. The molecule has 2 aromatic carbocycles. The minimum Gasteiger partial charge on any atom is -0.457 e. The van der Waals surface area contributed by atoms with Crippen LogP contribution in [0.3, 0.4) is 0 Å². The van der Waals surface area contributed by atoms with Gasteiger partial charge in [-0.15, -0.1) is 11.8 Å². The first-order chi connectivity index (χ1) is 16.1. The van der Waals surface area contributed by atoms with Crippen LogP contribution in [-0.4, -0.2) is 67.9 Å². The summed E-state index contributed by atoms with van der Waals surface area (Å²) in [6, 6.07) is 13.1. The van der Waals surface area contributed by atoms with Crippen LogP contribution in [0.2, 0.25) is 0 Å². The zero-order valence-electron chi connectivity index (χ0n) is 18.3. The van der Waals surface area contributed by atoms with Gasteiger partial charge in [0.2, 0.25) is 11.8 Å². The molecule has 176 valence electrons. The summed E-state index contributed by atoms with van der Waals surface area (Å²) in [6.45, 7) is 3.59. The maximum atomic E-state index is 13.1. The number of nitrogens with one attached hydrogen (secondary N) is 2. The second-order valence-corrected chi connectivity index (χ2v) is 9.28. The lowest BCUT2D eigenvalue weighted by Crippen LogP contribution is -2.47. The van der Waals surface area contributed by atoms with Crippen LogP contribution < -0.4 is 15.4 Å². The van der Waals surface area contributed by atoms with E-state index in [0.29, 0.717) is 37.8 Å². The fourth-order valence-corrected chi connectivity index (χ4v) is 5.00. The summed E-state index contributed by atoms with van der Waals surface area (Å²) in [5.41, 5.74) is 0.842. The lowest BCUT2D eigenvalue weighted by Gasteiger charge is -2.26. The molecule has 7 nitrogen and oxygen atoms in total. The van der Waals surface area contributed by atoms with E-state index in [1.54, 1.807) is 30.0 Å². The Morgan fingerprint density at radius 2 is 1.97 bits per heavy atom. The number of carbonyl (C=O) groups excluding carboxylic acids is 2. The van der Waals surface area contributed by atoms with Crippen LogP contribution in [0.15, 0.2) is 48.5 Å². The van der Waals surface area contributed by atoms with Crippen LogP contribution in [0, 0.1) is 5.82 Å². The first kappa shape index (κ1) is 23.5. The largest absolute Gasteiger partial charge is 0.457 e. The SMILES string of the molecule is O=C(CN1CCOCC1)NC[C@@H]1CCS[C@H](c2cccc(Oc3ccc(F)cc3)c2)C(=O)N1. The topological polar surface area (TPSA) is 79.9 Å². The van der Waals surface area contributed by atoms with E-state index in [9.17, 15) is 14.0 Å². The normalized spacial score (nSPS) is 21.7. The van der Waals surface area contributed by atoms with Gasteiger partial charge in [0.15, 0.2) is 0 Å². The number of thioether (sulfide) groups is 1. The van der Waals surface area contributed by atoms with Crippen molar-refractivity contribution in [1.29, 1.82) is 0 Å². The van der Waals surface area contributed by atoms with E-state index in [2.05, 4.69) is 15.5 Å². The molecule has 2 amide bonds. The molecule has 2 aliphatic heterocycles. The molecule has 2 fully saturated rings. The predicted molar refractivity (Wildman–Crippen MR) is 125 cm³/mol. The average molecular weight is 474 g/mol. The van der Waals surface area contributed by atoms with Crippen molar-refractivity contribution in [2.24, 2.45) is 0 Å². The molecular weight excluding hydrogens is 445 g/mol. The number of hydrogen-bond acceptors (Lipinski definition) is 6. The zero-order chi connectivity index (χ0) is 23.0. The number of rotatable bonds is 7. The molecule has 0 spiro atoms. The fraction of sp³-hybridized carbons (Fsp3) is 0.417. The van der Waals surface area contributed by atoms with Gasteiger partial charge in [-0.1, -0.05) is 12.1 Å². The van der Waals surface area contributed by atoms with Crippen molar-refractivity contribution in [1.82, 2.24) is 15.5 Å². The molecule has 9 heteroatoms. The molecular formula is C24H28FN3O4S. The number of ether oxygens (including phenoxy) is 2. The lowest BCUT2D eigenvalue weighted by atomic mass is 10.1. The van der Waals surface area contributed by atoms with Crippen molar-refractivity contribution in [3.63, 3.8) is 0 Å². The van der Waals surface area contributed by atoms with Crippen molar-refractivity contribution < 1.29 is 23.5 Å². The summed E-state index contributed by atoms with van der Waals surface area (Å²) < 4.78 is 24.2. The van der Waals surface area contributed by atoms with Crippen molar-refractivity contribution >= 4 is 23.6 Å². The summed E-state index contributed by atoms with van der Waals surface area (Å²) in [4.78, 5) is 27.3. The summed E-state index contributed by atoms with van der Waals surface area (Å²) in [5.74, 6) is 1.46. The highest BCUT2D eigenvalue weighted by molar-refractivity contribution is 8.00. The molecule has 0 aliphatic carbocycles. The smallest absolute Gasteiger partial charge is 0.237 e. The maximum absolute atomic E-state index is 13.1. The number of benzene rings is 2. The lowest BCUT2D eigenvalue weighted by molar-refractivity contribution is -0.124. The second-order valence-electron chi connectivity index (χ2n) is 8.07. The Bertz CT molecular complexity index is 953. The van der Waals surface area contributed by atoms with E-state index in [1.165, 1.54) is 12.1 Å². The van der Waals surface area contributed by atoms with Crippen molar-refractivity contribution in [3.05, 3.63) is 59.9 Å². The molecule has 2 saturated heterocycles. The molecule has 0 saturated carbocycles. The van der Waals surface area contributed by atoms with Crippen LogP contribution in [0.5, 0.6) is 11.5 Å². The molecule has 0 radical (unpaired) electrons. The highest BCUT2D eigenvalue weighted by Gasteiger charge is 2.28. The van der Waals surface area contributed by atoms with E-state index in [0.717, 1.165) is 30.8 Å². The van der Waals surface area contributed by atoms with Gasteiger partial charge in [-0.2, -0.15) is 0 Å². The van der Waals surface area contributed by atoms with Gasteiger partial charge in [-0.25, -0.2) is 4.39 Å². The number of hydrogen-bond donors (Lipinski definition) is 2. The Labute approximate surface area is 197 Å². The summed E-state index contributed by atoms with van der Waals surface area (Å²) >= 11 is 1.58. The monoisotopic (exact) mass is 473 g/mol. The van der Waals surface area contributed by atoms with Crippen molar-refractivity contribution in [2.45, 2.75) is 17.7 Å². The molecule has 0 unspecified atom stereocenters. The molecule has 2 heterocycles. The van der Waals surface area contributed by atoms with Gasteiger partial charge >= 0.3 is 0 Å². The number of amides is 2. The van der Waals surface area contributed by atoms with Gasteiger partial charge < -0.3 is 20.1 Å². The van der Waals surface area contributed by atoms with Crippen molar-refractivity contribution in [2.75, 3.05) is 45.1 Å². The zero-order valence-corrected chi connectivity index (χ0v) is 19.1. The second kappa shape index (κ2) is 11.5. The van der Waals surface area contributed by atoms with Crippen LogP contribution in [0.4, 0.5) is 4.39 Å². The van der Waals surface area contributed by atoms with Crippen molar-refractivity contribution in [3.8, 4) is 11.5 Å². The summed E-state index contributed by atoms with van der Waals surface area (Å²) in [6.07, 6.45) is 0.774. The predicted octanol–water partition coefficient (Wildman–Crippen LogP) is 2.73. The molecule has 2 atom stereocenters. The van der Waals surface area contributed by atoms with Crippen LogP contribution in [-0.2, 0) is 14.3 Å². The highest BCUT2D eigenvalue weighted by atomic mass is 32.2. The number of nitrogens with zero attached hydrogens (tertiary/aromatic N) is 1.